The van der Waals surface area contributed by atoms with Crippen molar-refractivity contribution in [3.8, 4) is 0 Å². The summed E-state index contributed by atoms with van der Waals surface area (Å²) in [5, 5.41) is 10.00. The summed E-state index contributed by atoms with van der Waals surface area (Å²) in [6.07, 6.45) is 0. The van der Waals surface area contributed by atoms with Crippen LogP contribution < -0.4 is 6.15 Å². The smallest absolute Gasteiger partial charge is 0.269 e. The number of halogens is 1. The molecule has 0 aliphatic carbocycles. The molecule has 0 bridgehead atoms. The predicted octanol–water partition coefficient (Wildman–Crippen LogP) is 1.90. The van der Waals surface area contributed by atoms with Gasteiger partial charge in [-0.1, -0.05) is 0 Å². The maximum atomic E-state index is 12.1. The van der Waals surface area contributed by atoms with Crippen LogP contribution in [0.25, 0.3) is 0 Å². The van der Waals surface area contributed by atoms with Crippen LogP contribution in [0, 0.1) is 15.9 Å². The zero-order valence-electron chi connectivity index (χ0n) is 5.66. The van der Waals surface area contributed by atoms with Crippen LogP contribution in [0.2, 0.25) is 0 Å². The van der Waals surface area contributed by atoms with Gasteiger partial charge in [0.2, 0.25) is 0 Å². The molecule has 0 spiro atoms. The highest BCUT2D eigenvalue weighted by Crippen LogP contribution is 2.09. The lowest BCUT2D eigenvalue weighted by Crippen LogP contribution is -1.86. The zero-order valence-corrected chi connectivity index (χ0v) is 5.66. The first-order chi connectivity index (χ1) is 4.70. The summed E-state index contributed by atoms with van der Waals surface area (Å²) in [4.78, 5) is 9.43. The molecule has 0 atom stereocenters. The maximum absolute atomic E-state index is 12.1. The highest BCUT2D eigenvalue weighted by molar-refractivity contribution is 5.28. The molecule has 0 saturated carbocycles. The van der Waals surface area contributed by atoms with Gasteiger partial charge in [0.15, 0.2) is 0 Å². The van der Waals surface area contributed by atoms with Crippen molar-refractivity contribution in [3.05, 3.63) is 40.2 Å². The van der Waals surface area contributed by atoms with Gasteiger partial charge in [-0.2, -0.15) is 0 Å². The van der Waals surface area contributed by atoms with Gasteiger partial charge in [0, 0.05) is 12.1 Å². The SMILES string of the molecule is N.O=[N+]([O-])c1ccc(F)cc1. The van der Waals surface area contributed by atoms with E-state index >= 15 is 0 Å². The fourth-order valence-corrected chi connectivity index (χ4v) is 0.563. The van der Waals surface area contributed by atoms with Crippen LogP contribution in [0.4, 0.5) is 10.1 Å². The lowest BCUT2D eigenvalue weighted by atomic mass is 10.3. The van der Waals surface area contributed by atoms with Crippen LogP contribution >= 0.6 is 0 Å². The third-order valence-electron chi connectivity index (χ3n) is 1.04. The van der Waals surface area contributed by atoms with Crippen molar-refractivity contribution in [3.63, 3.8) is 0 Å². The van der Waals surface area contributed by atoms with Gasteiger partial charge in [0.05, 0.1) is 4.92 Å². The first kappa shape index (κ1) is 9.51. The lowest BCUT2D eigenvalue weighted by molar-refractivity contribution is -0.384. The predicted molar refractivity (Wildman–Crippen MR) is 38.1 cm³/mol. The van der Waals surface area contributed by atoms with Crippen LogP contribution in [0.5, 0.6) is 0 Å². The van der Waals surface area contributed by atoms with Gasteiger partial charge in [0.25, 0.3) is 5.69 Å². The van der Waals surface area contributed by atoms with Gasteiger partial charge < -0.3 is 6.15 Å². The second-order valence-electron chi connectivity index (χ2n) is 1.73. The number of hydrogen-bond acceptors (Lipinski definition) is 3. The van der Waals surface area contributed by atoms with Crippen molar-refractivity contribution in [2.45, 2.75) is 0 Å². The van der Waals surface area contributed by atoms with E-state index in [4.69, 9.17) is 0 Å². The molecule has 11 heavy (non-hydrogen) atoms. The van der Waals surface area contributed by atoms with Crippen molar-refractivity contribution in [1.82, 2.24) is 6.15 Å². The number of rotatable bonds is 1. The number of benzene rings is 1. The average Bonchev–Trinajstić information content (AvgIpc) is 1.88. The van der Waals surface area contributed by atoms with E-state index in [0.717, 1.165) is 24.3 Å². The molecule has 0 fully saturated rings. The summed E-state index contributed by atoms with van der Waals surface area (Å²) in [6, 6.07) is 4.35. The minimum atomic E-state index is -0.570. The van der Waals surface area contributed by atoms with Crippen molar-refractivity contribution < 1.29 is 9.31 Å². The van der Waals surface area contributed by atoms with Crippen molar-refractivity contribution >= 4 is 5.69 Å². The summed E-state index contributed by atoms with van der Waals surface area (Å²) >= 11 is 0. The molecular formula is C6H7FN2O2. The molecule has 0 aliphatic rings. The van der Waals surface area contributed by atoms with E-state index in [1.807, 2.05) is 0 Å². The molecule has 1 aromatic rings. The molecule has 0 heterocycles. The van der Waals surface area contributed by atoms with E-state index in [2.05, 4.69) is 0 Å². The number of hydrogen-bond donors (Lipinski definition) is 1. The minimum absolute atomic E-state index is 0. The molecule has 0 saturated heterocycles. The Kier molecular flexibility index (Phi) is 3.13. The Morgan fingerprint density at radius 2 is 1.73 bits per heavy atom. The van der Waals surface area contributed by atoms with Gasteiger partial charge in [-0.3, -0.25) is 10.1 Å². The Balaban J connectivity index is 0.000001000. The number of nitrogens with zero attached hydrogens (tertiary/aromatic N) is 1. The quantitative estimate of drug-likeness (QED) is 0.500. The summed E-state index contributed by atoms with van der Waals surface area (Å²) in [5.74, 6) is -0.467. The summed E-state index contributed by atoms with van der Waals surface area (Å²) in [7, 11) is 0. The topological polar surface area (TPSA) is 78.1 Å². The van der Waals surface area contributed by atoms with Gasteiger partial charge in [-0.25, -0.2) is 4.39 Å². The molecule has 3 N–H and O–H groups in total. The summed E-state index contributed by atoms with van der Waals surface area (Å²) < 4.78 is 12.1. The third-order valence-corrected chi connectivity index (χ3v) is 1.04. The van der Waals surface area contributed by atoms with Crippen LogP contribution in [-0.2, 0) is 0 Å². The standard InChI is InChI=1S/C6H4FNO2.H3N/c7-5-1-3-6(4-2-5)8(9)10;/h1-4H;1H3. The van der Waals surface area contributed by atoms with Crippen molar-refractivity contribution in [1.29, 1.82) is 0 Å². The highest BCUT2D eigenvalue weighted by atomic mass is 19.1. The van der Waals surface area contributed by atoms with E-state index in [1.165, 1.54) is 0 Å². The van der Waals surface area contributed by atoms with E-state index in [9.17, 15) is 14.5 Å². The summed E-state index contributed by atoms with van der Waals surface area (Å²) in [6.45, 7) is 0. The van der Waals surface area contributed by atoms with E-state index in [1.54, 1.807) is 0 Å². The number of nitro groups is 1. The van der Waals surface area contributed by atoms with Gasteiger partial charge in [0.1, 0.15) is 5.82 Å². The van der Waals surface area contributed by atoms with E-state index < -0.39 is 10.7 Å². The molecule has 60 valence electrons. The first-order valence-electron chi connectivity index (χ1n) is 2.60. The average molecular weight is 158 g/mol. The van der Waals surface area contributed by atoms with Gasteiger partial charge in [-0.05, 0) is 12.1 Å². The Bertz CT molecular complexity index is 247. The van der Waals surface area contributed by atoms with E-state index in [0.29, 0.717) is 0 Å². The molecule has 0 aromatic heterocycles. The molecule has 0 aliphatic heterocycles. The minimum Gasteiger partial charge on any atom is -0.344 e. The second kappa shape index (κ2) is 3.62. The Labute approximate surface area is 62.4 Å². The number of nitro benzene ring substituents is 1. The molecule has 0 radical (unpaired) electrons. The van der Waals surface area contributed by atoms with Crippen molar-refractivity contribution in [2.24, 2.45) is 0 Å². The van der Waals surface area contributed by atoms with Gasteiger partial charge in [-0.15, -0.1) is 0 Å². The first-order valence-corrected chi connectivity index (χ1v) is 2.60. The Hall–Kier alpha value is -1.49. The van der Waals surface area contributed by atoms with Crippen LogP contribution in [0.15, 0.2) is 24.3 Å². The Morgan fingerprint density at radius 3 is 2.09 bits per heavy atom. The van der Waals surface area contributed by atoms with Crippen molar-refractivity contribution in [2.75, 3.05) is 0 Å². The van der Waals surface area contributed by atoms with E-state index in [-0.39, 0.29) is 11.8 Å². The van der Waals surface area contributed by atoms with Crippen LogP contribution in [0.3, 0.4) is 0 Å². The highest BCUT2D eigenvalue weighted by Gasteiger charge is 2.01. The largest absolute Gasteiger partial charge is 0.344 e. The van der Waals surface area contributed by atoms with Gasteiger partial charge >= 0.3 is 0 Å². The molecule has 0 amide bonds. The second-order valence-corrected chi connectivity index (χ2v) is 1.73. The molecule has 1 aromatic carbocycles. The molecule has 0 unspecified atom stereocenters. The lowest BCUT2D eigenvalue weighted by Gasteiger charge is -1.87. The fraction of sp³-hybridized carbons (Fsp3) is 0. The maximum Gasteiger partial charge on any atom is 0.269 e. The summed E-state index contributed by atoms with van der Waals surface area (Å²) in [5.41, 5.74) is -0.0959. The fourth-order valence-electron chi connectivity index (χ4n) is 0.563. The van der Waals surface area contributed by atoms with Crippen LogP contribution in [-0.4, -0.2) is 4.92 Å². The zero-order chi connectivity index (χ0) is 7.56. The molecule has 5 heteroatoms. The monoisotopic (exact) mass is 158 g/mol. The third kappa shape index (κ3) is 2.30. The molecule has 4 nitrogen and oxygen atoms in total. The van der Waals surface area contributed by atoms with Crippen LogP contribution in [0.1, 0.15) is 0 Å². The Morgan fingerprint density at radius 1 is 1.27 bits per heavy atom. The molecular weight excluding hydrogens is 151 g/mol. The number of non-ortho nitro benzene ring substituents is 1. The molecule has 1 rings (SSSR count). The normalized spacial score (nSPS) is 8.45.